The molecule has 0 heterocycles. The summed E-state index contributed by atoms with van der Waals surface area (Å²) in [6.45, 7) is 6.74. The Hall–Kier alpha value is -1.86. The zero-order valence-corrected chi connectivity index (χ0v) is 15.4. The number of hydrogen-bond acceptors (Lipinski definition) is 0. The highest BCUT2D eigenvalue weighted by Crippen LogP contribution is 2.33. The molecule has 0 bridgehead atoms. The summed E-state index contributed by atoms with van der Waals surface area (Å²) in [7, 11) is 0. The molecule has 0 spiro atoms. The van der Waals surface area contributed by atoms with Crippen LogP contribution < -0.4 is 0 Å². The van der Waals surface area contributed by atoms with E-state index in [2.05, 4.69) is 109 Å². The predicted octanol–water partition coefficient (Wildman–Crippen LogP) is 7.08. The van der Waals surface area contributed by atoms with Gasteiger partial charge in [0, 0.05) is 4.47 Å². The van der Waals surface area contributed by atoms with Gasteiger partial charge in [-0.15, -0.1) is 0 Å². The van der Waals surface area contributed by atoms with Crippen LogP contribution in [0.15, 0.2) is 77.3 Å². The summed E-state index contributed by atoms with van der Waals surface area (Å²) in [5.74, 6) is 0. The van der Waals surface area contributed by atoms with Crippen LogP contribution in [0.2, 0.25) is 0 Å². The van der Waals surface area contributed by atoms with Crippen molar-refractivity contribution in [1.82, 2.24) is 0 Å². The second-order valence-electron chi connectivity index (χ2n) is 6.88. The molecule has 3 rings (SSSR count). The van der Waals surface area contributed by atoms with Gasteiger partial charge in [0.05, 0.1) is 0 Å². The highest BCUT2D eigenvalue weighted by molar-refractivity contribution is 9.10. The molecule has 0 nitrogen and oxygen atoms in total. The molecule has 0 aliphatic heterocycles. The fourth-order valence-electron chi connectivity index (χ4n) is 2.77. The van der Waals surface area contributed by atoms with Crippen molar-refractivity contribution < 1.29 is 0 Å². The largest absolute Gasteiger partial charge is 0.0616 e. The Bertz CT molecular complexity index is 791. The van der Waals surface area contributed by atoms with E-state index in [0.29, 0.717) is 0 Å². The van der Waals surface area contributed by atoms with Crippen molar-refractivity contribution in [3.63, 3.8) is 0 Å². The van der Waals surface area contributed by atoms with Gasteiger partial charge >= 0.3 is 0 Å². The summed E-state index contributed by atoms with van der Waals surface area (Å²) < 4.78 is 1.10. The smallest absolute Gasteiger partial charge is 0.0175 e. The SMILES string of the molecule is CC(C)(C)c1ccc(-c2ccccc2-c2ccc(Br)cc2)cc1. The van der Waals surface area contributed by atoms with Crippen LogP contribution in [0.25, 0.3) is 22.3 Å². The highest BCUT2D eigenvalue weighted by atomic mass is 79.9. The van der Waals surface area contributed by atoms with Crippen LogP contribution in [0.1, 0.15) is 26.3 Å². The minimum Gasteiger partial charge on any atom is -0.0616 e. The van der Waals surface area contributed by atoms with Gasteiger partial charge in [-0.25, -0.2) is 0 Å². The lowest BCUT2D eigenvalue weighted by Gasteiger charge is -2.19. The van der Waals surface area contributed by atoms with E-state index in [4.69, 9.17) is 0 Å². The minimum atomic E-state index is 0.184. The Morgan fingerprint density at radius 2 is 1.04 bits per heavy atom. The molecule has 0 aliphatic carbocycles. The van der Waals surface area contributed by atoms with Gasteiger partial charge in [-0.1, -0.05) is 97.4 Å². The third-order valence-corrected chi connectivity index (χ3v) is 4.67. The van der Waals surface area contributed by atoms with E-state index < -0.39 is 0 Å². The first-order valence-corrected chi connectivity index (χ1v) is 8.70. The summed E-state index contributed by atoms with van der Waals surface area (Å²) >= 11 is 3.51. The first-order valence-electron chi connectivity index (χ1n) is 7.91. The molecule has 0 aliphatic rings. The zero-order chi connectivity index (χ0) is 16.4. The van der Waals surface area contributed by atoms with E-state index >= 15 is 0 Å². The van der Waals surface area contributed by atoms with Crippen molar-refractivity contribution in [2.75, 3.05) is 0 Å². The van der Waals surface area contributed by atoms with Crippen LogP contribution in [-0.2, 0) is 5.41 Å². The van der Waals surface area contributed by atoms with Crippen molar-refractivity contribution in [3.8, 4) is 22.3 Å². The van der Waals surface area contributed by atoms with E-state index in [1.807, 2.05) is 0 Å². The first kappa shape index (κ1) is 16.0. The Kier molecular flexibility index (Phi) is 4.41. The molecule has 0 fully saturated rings. The molecule has 0 N–H and O–H groups in total. The van der Waals surface area contributed by atoms with Crippen molar-refractivity contribution in [1.29, 1.82) is 0 Å². The first-order chi connectivity index (χ1) is 10.9. The van der Waals surface area contributed by atoms with Gasteiger partial charge < -0.3 is 0 Å². The molecule has 0 unspecified atom stereocenters. The van der Waals surface area contributed by atoms with Crippen LogP contribution in [0.4, 0.5) is 0 Å². The van der Waals surface area contributed by atoms with Gasteiger partial charge in [0.1, 0.15) is 0 Å². The molecule has 0 saturated carbocycles. The summed E-state index contributed by atoms with van der Waals surface area (Å²) in [6.07, 6.45) is 0. The average Bonchev–Trinajstić information content (AvgIpc) is 2.55. The van der Waals surface area contributed by atoms with Crippen LogP contribution in [0, 0.1) is 0 Å². The summed E-state index contributed by atoms with van der Waals surface area (Å²) in [4.78, 5) is 0. The Balaban J connectivity index is 2.05. The second kappa shape index (κ2) is 6.33. The van der Waals surface area contributed by atoms with Crippen molar-refractivity contribution >= 4 is 15.9 Å². The number of halogens is 1. The maximum atomic E-state index is 3.51. The van der Waals surface area contributed by atoms with Crippen molar-refractivity contribution in [3.05, 3.63) is 82.8 Å². The molecule has 3 aromatic carbocycles. The molecule has 116 valence electrons. The third-order valence-electron chi connectivity index (χ3n) is 4.14. The van der Waals surface area contributed by atoms with E-state index in [9.17, 15) is 0 Å². The normalized spacial score (nSPS) is 11.5. The minimum absolute atomic E-state index is 0.184. The van der Waals surface area contributed by atoms with Crippen LogP contribution in [0.5, 0.6) is 0 Å². The zero-order valence-electron chi connectivity index (χ0n) is 13.8. The van der Waals surface area contributed by atoms with Gasteiger partial charge in [-0.2, -0.15) is 0 Å². The second-order valence-corrected chi connectivity index (χ2v) is 7.80. The topological polar surface area (TPSA) is 0 Å². The van der Waals surface area contributed by atoms with Gasteiger partial charge in [-0.3, -0.25) is 0 Å². The monoisotopic (exact) mass is 364 g/mol. The quantitative estimate of drug-likeness (QED) is 0.455. The molecular formula is C22H21Br. The van der Waals surface area contributed by atoms with E-state index in [1.54, 1.807) is 0 Å². The van der Waals surface area contributed by atoms with Crippen LogP contribution in [-0.4, -0.2) is 0 Å². The molecular weight excluding hydrogens is 344 g/mol. The maximum absolute atomic E-state index is 3.51. The summed E-state index contributed by atoms with van der Waals surface area (Å²) in [6, 6.07) is 26.1. The molecule has 23 heavy (non-hydrogen) atoms. The number of hydrogen-bond donors (Lipinski definition) is 0. The lowest BCUT2D eigenvalue weighted by molar-refractivity contribution is 0.590. The van der Waals surface area contributed by atoms with Crippen molar-refractivity contribution in [2.24, 2.45) is 0 Å². The van der Waals surface area contributed by atoms with Crippen molar-refractivity contribution in [2.45, 2.75) is 26.2 Å². The Labute approximate surface area is 147 Å². The highest BCUT2D eigenvalue weighted by Gasteiger charge is 2.14. The van der Waals surface area contributed by atoms with Crippen LogP contribution >= 0.6 is 15.9 Å². The summed E-state index contributed by atoms with van der Waals surface area (Å²) in [5.41, 5.74) is 6.59. The molecule has 0 saturated heterocycles. The number of benzene rings is 3. The van der Waals surface area contributed by atoms with Gasteiger partial charge in [0.15, 0.2) is 0 Å². The van der Waals surface area contributed by atoms with E-state index in [0.717, 1.165) is 4.47 Å². The lowest BCUT2D eigenvalue weighted by Crippen LogP contribution is -2.10. The Morgan fingerprint density at radius 3 is 1.48 bits per heavy atom. The Morgan fingerprint density at radius 1 is 0.609 bits per heavy atom. The summed E-state index contributed by atoms with van der Waals surface area (Å²) in [5, 5.41) is 0. The molecule has 0 atom stereocenters. The third kappa shape index (κ3) is 3.56. The van der Waals surface area contributed by atoms with Gasteiger partial charge in [0.25, 0.3) is 0 Å². The molecule has 0 radical (unpaired) electrons. The maximum Gasteiger partial charge on any atom is 0.0175 e. The van der Waals surface area contributed by atoms with Crippen LogP contribution in [0.3, 0.4) is 0 Å². The predicted molar refractivity (Wildman–Crippen MR) is 104 cm³/mol. The molecule has 0 aromatic heterocycles. The van der Waals surface area contributed by atoms with E-state index in [-0.39, 0.29) is 5.41 Å². The number of rotatable bonds is 2. The standard InChI is InChI=1S/C22H21Br/c1-22(2,3)18-12-8-16(9-13-18)20-6-4-5-7-21(20)17-10-14-19(23)15-11-17/h4-15H,1-3H3. The fourth-order valence-corrected chi connectivity index (χ4v) is 3.03. The van der Waals surface area contributed by atoms with E-state index in [1.165, 1.54) is 27.8 Å². The average molecular weight is 365 g/mol. The van der Waals surface area contributed by atoms with Gasteiger partial charge in [0.2, 0.25) is 0 Å². The lowest BCUT2D eigenvalue weighted by atomic mass is 9.85. The fraction of sp³-hybridized carbons (Fsp3) is 0.182. The molecule has 3 aromatic rings. The van der Waals surface area contributed by atoms with Gasteiger partial charge in [-0.05, 0) is 45.4 Å². The molecule has 1 heteroatoms. The molecule has 0 amide bonds.